The maximum Gasteiger partial charge on any atom is 0.124 e. The molecule has 0 atom stereocenters. The second-order valence-corrected chi connectivity index (χ2v) is 5.31. The van der Waals surface area contributed by atoms with Crippen molar-refractivity contribution in [2.24, 2.45) is 0 Å². The molecule has 0 radical (unpaired) electrons. The molecule has 16 heavy (non-hydrogen) atoms. The molecule has 3 rings (SSSR count). The standard InChI is InChI=1S/C14H17NO/c1-15-9-12-8-11(4-7-16)2-3-13(12)14(10-15)5-6-14/h2-3,7-8H,4-6,9-10H2,1H3. The smallest absolute Gasteiger partial charge is 0.124 e. The van der Waals surface area contributed by atoms with Gasteiger partial charge in [-0.15, -0.1) is 0 Å². The van der Waals surface area contributed by atoms with Crippen molar-refractivity contribution >= 4 is 6.29 Å². The van der Waals surface area contributed by atoms with Crippen LogP contribution >= 0.6 is 0 Å². The van der Waals surface area contributed by atoms with Crippen molar-refractivity contribution < 1.29 is 4.79 Å². The van der Waals surface area contributed by atoms with Gasteiger partial charge in [-0.1, -0.05) is 18.2 Å². The second-order valence-electron chi connectivity index (χ2n) is 5.31. The Balaban J connectivity index is 2.01. The van der Waals surface area contributed by atoms with Crippen molar-refractivity contribution in [1.29, 1.82) is 0 Å². The number of hydrogen-bond acceptors (Lipinski definition) is 2. The molecule has 2 aliphatic rings. The van der Waals surface area contributed by atoms with Crippen molar-refractivity contribution in [2.45, 2.75) is 31.2 Å². The molecule has 84 valence electrons. The lowest BCUT2D eigenvalue weighted by Crippen LogP contribution is -2.35. The zero-order valence-corrected chi connectivity index (χ0v) is 9.70. The summed E-state index contributed by atoms with van der Waals surface area (Å²) in [6, 6.07) is 6.60. The van der Waals surface area contributed by atoms with Gasteiger partial charge in [-0.3, -0.25) is 0 Å². The van der Waals surface area contributed by atoms with Crippen LogP contribution in [0.25, 0.3) is 0 Å². The van der Waals surface area contributed by atoms with Gasteiger partial charge >= 0.3 is 0 Å². The van der Waals surface area contributed by atoms with Gasteiger partial charge in [-0.2, -0.15) is 0 Å². The minimum absolute atomic E-state index is 0.460. The molecule has 0 amide bonds. The predicted octanol–water partition coefficient (Wildman–Crippen LogP) is 1.91. The normalized spacial score (nSPS) is 21.8. The Bertz CT molecular complexity index is 434. The van der Waals surface area contributed by atoms with E-state index in [-0.39, 0.29) is 0 Å². The Hall–Kier alpha value is -1.15. The largest absolute Gasteiger partial charge is 0.303 e. The molecule has 1 aliphatic heterocycles. The lowest BCUT2D eigenvalue weighted by atomic mass is 9.86. The van der Waals surface area contributed by atoms with Gasteiger partial charge < -0.3 is 9.69 Å². The fourth-order valence-electron chi connectivity index (χ4n) is 3.05. The summed E-state index contributed by atoms with van der Waals surface area (Å²) in [5.74, 6) is 0. The summed E-state index contributed by atoms with van der Waals surface area (Å²) in [7, 11) is 2.19. The van der Waals surface area contributed by atoms with E-state index in [1.807, 2.05) is 0 Å². The first-order chi connectivity index (χ1) is 7.73. The Morgan fingerprint density at radius 3 is 2.94 bits per heavy atom. The fourth-order valence-corrected chi connectivity index (χ4v) is 3.05. The number of benzene rings is 1. The number of carbonyl (C=O) groups excluding carboxylic acids is 1. The molecule has 1 spiro atoms. The highest BCUT2D eigenvalue weighted by molar-refractivity contribution is 5.56. The number of carbonyl (C=O) groups is 1. The van der Waals surface area contributed by atoms with Crippen LogP contribution in [0, 0.1) is 0 Å². The van der Waals surface area contributed by atoms with Crippen LogP contribution in [0.15, 0.2) is 18.2 Å². The maximum absolute atomic E-state index is 10.5. The van der Waals surface area contributed by atoms with Gasteiger partial charge in [-0.05, 0) is 36.6 Å². The van der Waals surface area contributed by atoms with Gasteiger partial charge in [0.1, 0.15) is 6.29 Å². The van der Waals surface area contributed by atoms with Gasteiger partial charge in [0.05, 0.1) is 0 Å². The zero-order chi connectivity index (χ0) is 11.2. The van der Waals surface area contributed by atoms with Crippen LogP contribution < -0.4 is 0 Å². The summed E-state index contributed by atoms with van der Waals surface area (Å²) in [4.78, 5) is 12.9. The van der Waals surface area contributed by atoms with Gasteiger partial charge in [0.15, 0.2) is 0 Å². The van der Waals surface area contributed by atoms with Crippen molar-refractivity contribution in [3.05, 3.63) is 34.9 Å². The monoisotopic (exact) mass is 215 g/mol. The van der Waals surface area contributed by atoms with Crippen molar-refractivity contribution in [3.8, 4) is 0 Å². The number of hydrogen-bond donors (Lipinski definition) is 0. The number of likely N-dealkylation sites (N-methyl/N-ethyl adjacent to an activating group) is 1. The summed E-state index contributed by atoms with van der Waals surface area (Å²) in [6.45, 7) is 2.23. The molecular weight excluding hydrogens is 198 g/mol. The third kappa shape index (κ3) is 1.49. The van der Waals surface area contributed by atoms with E-state index in [4.69, 9.17) is 0 Å². The summed E-state index contributed by atoms with van der Waals surface area (Å²) in [5, 5.41) is 0. The van der Waals surface area contributed by atoms with E-state index in [1.54, 1.807) is 5.56 Å². The molecule has 0 N–H and O–H groups in total. The fraction of sp³-hybridized carbons (Fsp3) is 0.500. The zero-order valence-electron chi connectivity index (χ0n) is 9.70. The lowest BCUT2D eigenvalue weighted by Gasteiger charge is -2.32. The predicted molar refractivity (Wildman–Crippen MR) is 63.5 cm³/mol. The Kier molecular flexibility index (Phi) is 2.15. The summed E-state index contributed by atoms with van der Waals surface area (Å²) in [5.41, 5.74) is 4.59. The Labute approximate surface area is 96.3 Å². The number of nitrogens with zero attached hydrogens (tertiary/aromatic N) is 1. The minimum Gasteiger partial charge on any atom is -0.303 e. The second kappa shape index (κ2) is 3.42. The van der Waals surface area contributed by atoms with Crippen LogP contribution in [-0.2, 0) is 23.2 Å². The number of fused-ring (bicyclic) bond motifs is 2. The van der Waals surface area contributed by atoms with Crippen molar-refractivity contribution in [2.75, 3.05) is 13.6 Å². The van der Waals surface area contributed by atoms with E-state index in [2.05, 4.69) is 30.1 Å². The molecule has 0 aromatic heterocycles. The van der Waals surface area contributed by atoms with Crippen LogP contribution in [0.2, 0.25) is 0 Å². The molecular formula is C14H17NO. The molecule has 1 fully saturated rings. The lowest BCUT2D eigenvalue weighted by molar-refractivity contribution is -0.107. The maximum atomic E-state index is 10.5. The molecule has 0 bridgehead atoms. The molecule has 1 aromatic carbocycles. The third-order valence-electron chi connectivity index (χ3n) is 3.93. The van der Waals surface area contributed by atoms with Crippen LogP contribution in [-0.4, -0.2) is 24.8 Å². The highest BCUT2D eigenvalue weighted by Gasteiger charge is 2.48. The first-order valence-electron chi connectivity index (χ1n) is 5.98. The SMILES string of the molecule is CN1Cc2cc(CC=O)ccc2C2(CC2)C1. The van der Waals surface area contributed by atoms with Crippen LogP contribution in [0.4, 0.5) is 0 Å². The molecule has 2 heteroatoms. The van der Waals surface area contributed by atoms with Gasteiger partial charge in [0.2, 0.25) is 0 Å². The van der Waals surface area contributed by atoms with E-state index >= 15 is 0 Å². The highest BCUT2D eigenvalue weighted by atomic mass is 16.1. The summed E-state index contributed by atoms with van der Waals surface area (Å²) in [6.07, 6.45) is 4.19. The topological polar surface area (TPSA) is 20.3 Å². The van der Waals surface area contributed by atoms with Crippen LogP contribution in [0.3, 0.4) is 0 Å². The average Bonchev–Trinajstić information content (AvgIpc) is 2.98. The number of aldehydes is 1. The van der Waals surface area contributed by atoms with Crippen molar-refractivity contribution in [3.63, 3.8) is 0 Å². The molecule has 1 heterocycles. The van der Waals surface area contributed by atoms with Crippen LogP contribution in [0.1, 0.15) is 29.5 Å². The third-order valence-corrected chi connectivity index (χ3v) is 3.93. The van der Waals surface area contributed by atoms with E-state index in [0.29, 0.717) is 11.8 Å². The van der Waals surface area contributed by atoms with Crippen LogP contribution in [0.5, 0.6) is 0 Å². The summed E-state index contributed by atoms with van der Waals surface area (Å²) < 4.78 is 0. The summed E-state index contributed by atoms with van der Waals surface area (Å²) >= 11 is 0. The Morgan fingerprint density at radius 1 is 1.44 bits per heavy atom. The Morgan fingerprint density at radius 2 is 2.25 bits per heavy atom. The molecule has 1 saturated carbocycles. The van der Waals surface area contributed by atoms with E-state index in [9.17, 15) is 4.79 Å². The first-order valence-corrected chi connectivity index (χ1v) is 5.98. The molecule has 1 aliphatic carbocycles. The molecule has 0 unspecified atom stereocenters. The van der Waals surface area contributed by atoms with Gasteiger partial charge in [0, 0.05) is 24.9 Å². The highest BCUT2D eigenvalue weighted by Crippen LogP contribution is 2.52. The van der Waals surface area contributed by atoms with Crippen molar-refractivity contribution in [1.82, 2.24) is 4.90 Å². The quantitative estimate of drug-likeness (QED) is 0.702. The molecule has 1 aromatic rings. The van der Waals surface area contributed by atoms with E-state index in [0.717, 1.165) is 18.4 Å². The van der Waals surface area contributed by atoms with Gasteiger partial charge in [-0.25, -0.2) is 0 Å². The first kappa shape index (κ1) is 10.0. The van der Waals surface area contributed by atoms with Gasteiger partial charge in [0.25, 0.3) is 0 Å². The minimum atomic E-state index is 0.460. The molecule has 2 nitrogen and oxygen atoms in total. The van der Waals surface area contributed by atoms with E-state index < -0.39 is 0 Å². The number of rotatable bonds is 2. The average molecular weight is 215 g/mol. The van der Waals surface area contributed by atoms with E-state index in [1.165, 1.54) is 24.9 Å². The molecule has 0 saturated heterocycles.